The maximum atomic E-state index is 10.1. The Hall–Kier alpha value is -0.800. The van der Waals surface area contributed by atoms with Crippen LogP contribution < -0.4 is 5.32 Å². The summed E-state index contributed by atoms with van der Waals surface area (Å²) in [6.45, 7) is 7.25. The average molecular weight is 338 g/mol. The van der Waals surface area contributed by atoms with Gasteiger partial charge in [0.05, 0.1) is 12.7 Å². The predicted molar refractivity (Wildman–Crippen MR) is 104 cm³/mol. The minimum Gasteiger partial charge on any atom is -0.345 e. The molecule has 0 saturated heterocycles. The van der Waals surface area contributed by atoms with Crippen molar-refractivity contribution in [3.63, 3.8) is 0 Å². The fraction of sp³-hybridized carbons (Fsp3) is 0.810. The van der Waals surface area contributed by atoms with Crippen LogP contribution in [0, 0.1) is 0 Å². The number of unbranched alkanes of at least 4 members (excludes halogenated alkanes) is 8. The van der Waals surface area contributed by atoms with Crippen LogP contribution in [-0.2, 0) is 0 Å². The Morgan fingerprint density at radius 3 is 2.25 bits per heavy atom. The van der Waals surface area contributed by atoms with Crippen LogP contribution in [0.1, 0.15) is 91.4 Å². The molecule has 0 radical (unpaired) electrons. The van der Waals surface area contributed by atoms with Crippen LogP contribution >= 0.6 is 0 Å². The van der Waals surface area contributed by atoms with Crippen molar-refractivity contribution < 1.29 is 9.59 Å². The third-order valence-electron chi connectivity index (χ3n) is 5.45. The van der Waals surface area contributed by atoms with Gasteiger partial charge in [-0.15, -0.1) is 0 Å². The second-order valence-corrected chi connectivity index (χ2v) is 7.25. The highest BCUT2D eigenvalue weighted by molar-refractivity contribution is 4.86. The third kappa shape index (κ3) is 6.98. The maximum Gasteiger partial charge on any atom is 0.193 e. The molecular formula is C21H41N2O+. The van der Waals surface area contributed by atoms with Crippen molar-refractivity contribution in [3.05, 3.63) is 24.6 Å². The molecule has 140 valence electrons. The number of allylic oxidation sites excluding steroid dienone is 2. The Balaban J connectivity index is 2.05. The first-order valence-corrected chi connectivity index (χ1v) is 10.3. The van der Waals surface area contributed by atoms with Crippen molar-refractivity contribution >= 4 is 0 Å². The summed E-state index contributed by atoms with van der Waals surface area (Å²) in [6, 6.07) is 0. The van der Waals surface area contributed by atoms with Crippen LogP contribution in [0.2, 0.25) is 0 Å². The van der Waals surface area contributed by atoms with Gasteiger partial charge in [-0.25, -0.2) is 0 Å². The van der Waals surface area contributed by atoms with E-state index in [1.807, 2.05) is 13.1 Å². The summed E-state index contributed by atoms with van der Waals surface area (Å²) in [6.07, 6.45) is 23.2. The zero-order valence-electron chi connectivity index (χ0n) is 16.3. The molecule has 0 aromatic heterocycles. The highest BCUT2D eigenvalue weighted by Crippen LogP contribution is 2.25. The van der Waals surface area contributed by atoms with Crippen LogP contribution in [0.25, 0.3) is 0 Å². The highest BCUT2D eigenvalue weighted by atomic mass is 16.3. The molecule has 1 heterocycles. The van der Waals surface area contributed by atoms with E-state index >= 15 is 0 Å². The molecule has 24 heavy (non-hydrogen) atoms. The van der Waals surface area contributed by atoms with Crippen molar-refractivity contribution in [1.29, 1.82) is 0 Å². The Morgan fingerprint density at radius 1 is 1.00 bits per heavy atom. The first kappa shape index (κ1) is 21.2. The lowest BCUT2D eigenvalue weighted by Gasteiger charge is -2.39. The molecule has 0 bridgehead atoms. The van der Waals surface area contributed by atoms with Gasteiger partial charge in [-0.2, -0.15) is 0 Å². The topological polar surface area (TPSA) is 32.3 Å². The summed E-state index contributed by atoms with van der Waals surface area (Å²) in [5.41, 5.74) is 0. The third-order valence-corrected chi connectivity index (χ3v) is 5.45. The zero-order chi connectivity index (χ0) is 17.7. The smallest absolute Gasteiger partial charge is 0.193 e. The SMILES string of the molecule is CCCCCCCCC/C=C/CCCC1NC=C[N+]1(CC)C(C)O. The zero-order valence-corrected chi connectivity index (χ0v) is 16.3. The van der Waals surface area contributed by atoms with E-state index in [9.17, 15) is 5.11 Å². The van der Waals surface area contributed by atoms with E-state index in [2.05, 4.69) is 37.5 Å². The fourth-order valence-electron chi connectivity index (χ4n) is 3.72. The first-order chi connectivity index (χ1) is 11.7. The van der Waals surface area contributed by atoms with E-state index in [0.717, 1.165) is 19.4 Å². The van der Waals surface area contributed by atoms with Gasteiger partial charge in [0.1, 0.15) is 6.20 Å². The van der Waals surface area contributed by atoms with Gasteiger partial charge < -0.3 is 10.4 Å². The summed E-state index contributed by atoms with van der Waals surface area (Å²) in [5.74, 6) is 0. The van der Waals surface area contributed by atoms with E-state index in [-0.39, 0.29) is 6.23 Å². The molecular weight excluding hydrogens is 296 g/mol. The average Bonchev–Trinajstić information content (AvgIpc) is 3.00. The van der Waals surface area contributed by atoms with Crippen molar-refractivity contribution in [1.82, 2.24) is 5.32 Å². The van der Waals surface area contributed by atoms with E-state index < -0.39 is 0 Å². The van der Waals surface area contributed by atoms with Gasteiger partial charge in [0, 0.05) is 13.3 Å². The second kappa shape index (κ2) is 12.5. The number of hydrogen-bond acceptors (Lipinski definition) is 2. The quantitative estimate of drug-likeness (QED) is 0.252. The lowest BCUT2D eigenvalue weighted by atomic mass is 10.1. The fourth-order valence-corrected chi connectivity index (χ4v) is 3.72. The molecule has 0 aromatic rings. The van der Waals surface area contributed by atoms with Crippen LogP contribution in [0.15, 0.2) is 24.6 Å². The summed E-state index contributed by atoms with van der Waals surface area (Å²) in [5, 5.41) is 13.6. The molecule has 3 unspecified atom stereocenters. The number of rotatable bonds is 14. The molecule has 0 amide bonds. The van der Waals surface area contributed by atoms with Crippen LogP contribution in [0.4, 0.5) is 0 Å². The second-order valence-electron chi connectivity index (χ2n) is 7.25. The summed E-state index contributed by atoms with van der Waals surface area (Å²) in [4.78, 5) is 0. The molecule has 0 aliphatic carbocycles. The van der Waals surface area contributed by atoms with Crippen LogP contribution in [0.5, 0.6) is 0 Å². The van der Waals surface area contributed by atoms with Gasteiger partial charge in [-0.1, -0.05) is 57.6 Å². The number of nitrogens with zero attached hydrogens (tertiary/aromatic N) is 1. The van der Waals surface area contributed by atoms with E-state index in [1.54, 1.807) is 0 Å². The number of quaternary nitrogens is 1. The van der Waals surface area contributed by atoms with Gasteiger partial charge in [-0.05, 0) is 32.6 Å². The lowest BCUT2D eigenvalue weighted by molar-refractivity contribution is -0.942. The van der Waals surface area contributed by atoms with Gasteiger partial charge in [0.2, 0.25) is 0 Å². The van der Waals surface area contributed by atoms with E-state index in [0.29, 0.717) is 10.6 Å². The molecule has 3 heteroatoms. The Morgan fingerprint density at radius 2 is 1.62 bits per heavy atom. The molecule has 1 rings (SSSR count). The predicted octanol–water partition coefficient (Wildman–Crippen LogP) is 5.43. The van der Waals surface area contributed by atoms with E-state index in [4.69, 9.17) is 0 Å². The largest absolute Gasteiger partial charge is 0.345 e. The van der Waals surface area contributed by atoms with Gasteiger partial charge in [-0.3, -0.25) is 4.48 Å². The van der Waals surface area contributed by atoms with Gasteiger partial charge in [0.15, 0.2) is 12.4 Å². The molecule has 1 aliphatic heterocycles. The summed E-state index contributed by atoms with van der Waals surface area (Å²) < 4.78 is 0.655. The first-order valence-electron chi connectivity index (χ1n) is 10.3. The lowest BCUT2D eigenvalue weighted by Crippen LogP contribution is -2.57. The molecule has 2 N–H and O–H groups in total. The molecule has 0 spiro atoms. The molecule has 3 nitrogen and oxygen atoms in total. The monoisotopic (exact) mass is 337 g/mol. The van der Waals surface area contributed by atoms with Crippen molar-refractivity contribution in [3.8, 4) is 0 Å². The van der Waals surface area contributed by atoms with Crippen molar-refractivity contribution in [2.45, 2.75) is 104 Å². The minimum atomic E-state index is -0.348. The Bertz CT molecular complexity index is 365. The Labute approximate surface area is 150 Å². The molecule has 0 fully saturated rings. The molecule has 3 atom stereocenters. The summed E-state index contributed by atoms with van der Waals surface area (Å²) >= 11 is 0. The highest BCUT2D eigenvalue weighted by Gasteiger charge is 2.40. The standard InChI is InChI=1S/C21H41N2O/c1-4-6-7-8-9-10-11-12-13-14-15-16-17-21-22-18-19-23(21,5-2)20(3)24/h13-14,18-22,24H,4-12,15-17H2,1-3H3/q+1/b14-13+. The summed E-state index contributed by atoms with van der Waals surface area (Å²) in [7, 11) is 0. The van der Waals surface area contributed by atoms with Gasteiger partial charge in [0.25, 0.3) is 0 Å². The molecule has 1 aliphatic rings. The maximum absolute atomic E-state index is 10.1. The van der Waals surface area contributed by atoms with Gasteiger partial charge >= 0.3 is 0 Å². The van der Waals surface area contributed by atoms with Crippen LogP contribution in [0.3, 0.4) is 0 Å². The van der Waals surface area contributed by atoms with Crippen LogP contribution in [-0.4, -0.2) is 28.5 Å². The molecule has 0 saturated carbocycles. The number of hydrogen-bond donors (Lipinski definition) is 2. The number of nitrogens with one attached hydrogen (secondary N) is 1. The van der Waals surface area contributed by atoms with Crippen molar-refractivity contribution in [2.24, 2.45) is 0 Å². The number of aliphatic hydroxyl groups is 1. The minimum absolute atomic E-state index is 0.325. The normalized spacial score (nSPS) is 24.6. The molecule has 0 aromatic carbocycles. The Kier molecular flexibility index (Phi) is 11.1. The van der Waals surface area contributed by atoms with Crippen molar-refractivity contribution in [2.75, 3.05) is 6.54 Å². The number of aliphatic hydroxyl groups excluding tert-OH is 1. The van der Waals surface area contributed by atoms with E-state index in [1.165, 1.54) is 57.8 Å².